The van der Waals surface area contributed by atoms with Crippen LogP contribution < -0.4 is 0 Å². The molecule has 0 aromatic carbocycles. The van der Waals surface area contributed by atoms with Crippen LogP contribution in [0.5, 0.6) is 0 Å². The molecule has 322 valence electrons. The van der Waals surface area contributed by atoms with Crippen LogP contribution in [0.15, 0.2) is 36.5 Å². The van der Waals surface area contributed by atoms with Crippen molar-refractivity contribution in [2.24, 2.45) is 0 Å². The lowest BCUT2D eigenvalue weighted by Gasteiger charge is -2.24. The summed E-state index contributed by atoms with van der Waals surface area (Å²) >= 11 is 0. The van der Waals surface area contributed by atoms with Gasteiger partial charge in [0.25, 0.3) is 0 Å². The fraction of sp³-hybridized carbons (Fsp3) is 0.814. The summed E-state index contributed by atoms with van der Waals surface area (Å²) in [7, 11) is 1.30. The van der Waals surface area contributed by atoms with E-state index in [1.165, 1.54) is 70.6 Å². The van der Waals surface area contributed by atoms with Crippen LogP contribution in [-0.2, 0) is 32.7 Å². The molecule has 3 unspecified atom stereocenters. The lowest BCUT2D eigenvalue weighted by atomic mass is 10.0. The first-order valence-corrected chi connectivity index (χ1v) is 22.9. The van der Waals surface area contributed by atoms with Gasteiger partial charge >= 0.3 is 19.8 Å². The molecule has 11 nitrogen and oxygen atoms in total. The highest BCUT2D eigenvalue weighted by atomic mass is 31.2. The minimum Gasteiger partial charge on any atom is -0.462 e. The topological polar surface area (TPSA) is 149 Å². The number of esters is 2. The highest BCUT2D eigenvalue weighted by Gasteiger charge is 2.27. The van der Waals surface area contributed by atoms with Gasteiger partial charge < -0.3 is 29.1 Å². The zero-order chi connectivity index (χ0) is 41.0. The Morgan fingerprint density at radius 3 is 1.76 bits per heavy atom. The Morgan fingerprint density at radius 2 is 1.16 bits per heavy atom. The molecular weight excluding hydrogens is 721 g/mol. The smallest absolute Gasteiger partial charge is 0.462 e. The zero-order valence-electron chi connectivity index (χ0n) is 35.4. The van der Waals surface area contributed by atoms with Crippen molar-refractivity contribution in [2.45, 2.75) is 180 Å². The van der Waals surface area contributed by atoms with Gasteiger partial charge in [0.2, 0.25) is 0 Å². The van der Waals surface area contributed by atoms with Crippen molar-refractivity contribution in [2.75, 3.05) is 47.5 Å². The third-order valence-corrected chi connectivity index (χ3v) is 10.1. The van der Waals surface area contributed by atoms with Crippen molar-refractivity contribution in [3.63, 3.8) is 0 Å². The molecule has 0 bridgehead atoms. The maximum atomic E-state index is 12.7. The summed E-state index contributed by atoms with van der Waals surface area (Å²) in [5.74, 6) is -1.08. The normalized spacial score (nSPS) is 15.1. The zero-order valence-corrected chi connectivity index (χ0v) is 36.3. The maximum Gasteiger partial charge on any atom is 0.472 e. The standard InChI is InChI=1S/C43H80NO10P/c1-6-8-10-12-14-16-18-20-22-24-26-28-31-40(45)41(46)32-30-34-43(48)54-39(38-53-55(49,50)52-36-35-44(3,4)5)37-51-42(47)33-29-27-25-23-21-19-17-15-13-11-9-7-2/h14,16,20,22,26,28,39-41,45-46H,6-13,15,17-19,21,23-25,27,29-38H2,1-5H3/p+1/b16-14-,22-20-,28-26-/t39-,40?,41?/m1/s1. The Hall–Kier alpha value is -1.85. The van der Waals surface area contributed by atoms with Crippen LogP contribution in [0.2, 0.25) is 0 Å². The number of nitrogens with zero attached hydrogens (tertiary/aromatic N) is 1. The van der Waals surface area contributed by atoms with Gasteiger partial charge in [-0.3, -0.25) is 18.6 Å². The summed E-state index contributed by atoms with van der Waals surface area (Å²) in [6.45, 7) is 4.04. The number of rotatable bonds is 38. The number of quaternary nitrogens is 1. The summed E-state index contributed by atoms with van der Waals surface area (Å²) in [4.78, 5) is 35.3. The van der Waals surface area contributed by atoms with Crippen LogP contribution >= 0.6 is 7.82 Å². The number of ether oxygens (including phenoxy) is 2. The van der Waals surface area contributed by atoms with E-state index in [0.717, 1.165) is 38.5 Å². The second kappa shape index (κ2) is 35.3. The number of hydrogen-bond donors (Lipinski definition) is 3. The van der Waals surface area contributed by atoms with E-state index in [0.29, 0.717) is 23.9 Å². The predicted molar refractivity (Wildman–Crippen MR) is 222 cm³/mol. The quantitative estimate of drug-likeness (QED) is 0.0181. The number of aliphatic hydroxyl groups is 2. The summed E-state index contributed by atoms with van der Waals surface area (Å²) < 4.78 is 34.0. The Balaban J connectivity index is 4.64. The van der Waals surface area contributed by atoms with Gasteiger partial charge in [-0.25, -0.2) is 4.57 Å². The van der Waals surface area contributed by atoms with Crippen LogP contribution in [-0.4, -0.2) is 97.3 Å². The van der Waals surface area contributed by atoms with Crippen LogP contribution in [0.4, 0.5) is 0 Å². The number of carbonyl (C=O) groups is 2. The number of allylic oxidation sites excluding steroid dienone is 5. The Kier molecular flexibility index (Phi) is 34.1. The van der Waals surface area contributed by atoms with Crippen LogP contribution in [0.25, 0.3) is 0 Å². The highest BCUT2D eigenvalue weighted by Crippen LogP contribution is 2.43. The molecule has 0 radical (unpaired) electrons. The van der Waals surface area contributed by atoms with Gasteiger partial charge in [0.1, 0.15) is 19.8 Å². The third-order valence-electron chi connectivity index (χ3n) is 9.12. The molecule has 0 spiro atoms. The molecule has 3 N–H and O–H groups in total. The molecule has 0 fully saturated rings. The average molecular weight is 803 g/mol. The maximum absolute atomic E-state index is 12.7. The minimum absolute atomic E-state index is 0.0199. The second-order valence-corrected chi connectivity index (χ2v) is 17.1. The fourth-order valence-electron chi connectivity index (χ4n) is 5.59. The summed E-state index contributed by atoms with van der Waals surface area (Å²) in [5, 5.41) is 20.8. The summed E-state index contributed by atoms with van der Waals surface area (Å²) in [6.07, 6.45) is 30.8. The van der Waals surface area contributed by atoms with Gasteiger partial charge in [-0.2, -0.15) is 0 Å². The molecule has 0 aromatic heterocycles. The summed E-state index contributed by atoms with van der Waals surface area (Å²) in [6, 6.07) is 0. The molecule has 0 heterocycles. The number of phosphoric acid groups is 1. The van der Waals surface area contributed by atoms with Gasteiger partial charge in [-0.05, 0) is 51.4 Å². The van der Waals surface area contributed by atoms with E-state index in [1.54, 1.807) is 0 Å². The molecule has 0 saturated heterocycles. The first-order valence-electron chi connectivity index (χ1n) is 21.4. The van der Waals surface area contributed by atoms with E-state index in [-0.39, 0.29) is 38.9 Å². The van der Waals surface area contributed by atoms with E-state index in [2.05, 4.69) is 38.2 Å². The van der Waals surface area contributed by atoms with E-state index < -0.39 is 44.7 Å². The number of hydrogen-bond acceptors (Lipinski definition) is 9. The van der Waals surface area contributed by atoms with Gasteiger partial charge in [0.15, 0.2) is 6.10 Å². The molecule has 12 heteroatoms. The largest absolute Gasteiger partial charge is 0.472 e. The molecular formula is C43H81NO10P+. The molecule has 0 aliphatic carbocycles. The number of unbranched alkanes of at least 4 members (excludes halogenated alkanes) is 14. The Bertz CT molecular complexity index is 1070. The lowest BCUT2D eigenvalue weighted by Crippen LogP contribution is -2.37. The van der Waals surface area contributed by atoms with Gasteiger partial charge in [0.05, 0.1) is 40.0 Å². The Morgan fingerprint density at radius 1 is 0.636 bits per heavy atom. The fourth-order valence-corrected chi connectivity index (χ4v) is 6.33. The van der Waals surface area contributed by atoms with Crippen molar-refractivity contribution in [1.82, 2.24) is 0 Å². The van der Waals surface area contributed by atoms with Crippen molar-refractivity contribution in [3.05, 3.63) is 36.5 Å². The van der Waals surface area contributed by atoms with Crippen LogP contribution in [0.3, 0.4) is 0 Å². The Labute approximate surface area is 335 Å². The van der Waals surface area contributed by atoms with E-state index in [4.69, 9.17) is 18.5 Å². The first kappa shape index (κ1) is 53.1. The number of phosphoric ester groups is 1. The molecule has 0 aliphatic rings. The van der Waals surface area contributed by atoms with Crippen molar-refractivity contribution < 1.29 is 52.3 Å². The van der Waals surface area contributed by atoms with Crippen molar-refractivity contribution in [3.8, 4) is 0 Å². The number of carbonyl (C=O) groups excluding carboxylic acids is 2. The monoisotopic (exact) mass is 803 g/mol. The molecule has 0 amide bonds. The third kappa shape index (κ3) is 37.5. The highest BCUT2D eigenvalue weighted by molar-refractivity contribution is 7.47. The van der Waals surface area contributed by atoms with Crippen molar-refractivity contribution in [1.29, 1.82) is 0 Å². The molecule has 0 saturated carbocycles. The molecule has 0 aromatic rings. The molecule has 0 aliphatic heterocycles. The van der Waals surface area contributed by atoms with E-state index in [9.17, 15) is 29.3 Å². The molecule has 55 heavy (non-hydrogen) atoms. The van der Waals surface area contributed by atoms with Gasteiger partial charge in [-0.15, -0.1) is 0 Å². The second-order valence-electron chi connectivity index (χ2n) is 15.7. The predicted octanol–water partition coefficient (Wildman–Crippen LogP) is 9.68. The van der Waals surface area contributed by atoms with Crippen LogP contribution in [0.1, 0.15) is 162 Å². The van der Waals surface area contributed by atoms with Crippen molar-refractivity contribution >= 4 is 19.8 Å². The molecule has 0 rings (SSSR count). The van der Waals surface area contributed by atoms with Crippen LogP contribution in [0, 0.1) is 0 Å². The number of likely N-dealkylation sites (N-methyl/N-ethyl adjacent to an activating group) is 1. The lowest BCUT2D eigenvalue weighted by molar-refractivity contribution is -0.870. The summed E-state index contributed by atoms with van der Waals surface area (Å²) in [5.41, 5.74) is 0. The van der Waals surface area contributed by atoms with Gasteiger partial charge in [-0.1, -0.05) is 134 Å². The SMILES string of the molecule is CCCCC/C=C\C/C=C\C/C=C\CC(O)C(O)CCCC(=O)O[C@H](COC(=O)CCCCCCCCCCCCCC)COP(=O)(O)OCC[N+](C)(C)C. The van der Waals surface area contributed by atoms with E-state index in [1.807, 2.05) is 33.3 Å². The first-order chi connectivity index (χ1) is 26.3. The molecule has 4 atom stereocenters. The van der Waals surface area contributed by atoms with Gasteiger partial charge in [0, 0.05) is 12.8 Å². The average Bonchev–Trinajstić information content (AvgIpc) is 3.12. The van der Waals surface area contributed by atoms with E-state index >= 15 is 0 Å². The number of aliphatic hydroxyl groups excluding tert-OH is 2. The minimum atomic E-state index is -4.45.